The number of alkyl halides is 6. The maximum atomic E-state index is 12.4. The second-order valence-electron chi connectivity index (χ2n) is 12.5. The lowest BCUT2D eigenvalue weighted by Crippen LogP contribution is -2.60. The molecule has 0 aliphatic rings. The number of thiol groups is 1. The van der Waals surface area contributed by atoms with Crippen LogP contribution >= 0.6 is 12.6 Å². The monoisotopic (exact) mass is 830 g/mol. The highest BCUT2D eigenvalue weighted by molar-refractivity contribution is 7.88. The minimum atomic E-state index is -7.08. The first-order valence-corrected chi connectivity index (χ1v) is 20.9. The average molecular weight is 831 g/mol. The number of unbranched alkanes of at least 4 members (excludes halogenated alkanes) is 10. The lowest BCUT2D eigenvalue weighted by molar-refractivity contribution is -0.247. The molecule has 0 unspecified atom stereocenters. The molecule has 0 heterocycles. The second-order valence-corrected chi connectivity index (χ2v) is 15.9. The average Bonchev–Trinajstić information content (AvgIpc) is 3.10. The third-order valence-corrected chi connectivity index (χ3v) is 10.4. The third-order valence-electron chi connectivity index (χ3n) is 8.26. The molecule has 0 fully saturated rings. The van der Waals surface area contributed by atoms with E-state index in [1.807, 2.05) is 0 Å². The second kappa shape index (κ2) is 21.3. The minimum Gasteiger partial charge on any atom is -0.494 e. The Kier molecular flexibility index (Phi) is 18.6. The van der Waals surface area contributed by atoms with Crippen LogP contribution in [0.15, 0.2) is 71.6 Å². The van der Waals surface area contributed by atoms with Crippen molar-refractivity contribution in [2.45, 2.75) is 112 Å². The van der Waals surface area contributed by atoms with Crippen LogP contribution in [-0.4, -0.2) is 55.6 Å². The van der Waals surface area contributed by atoms with E-state index >= 15 is 0 Å². The van der Waals surface area contributed by atoms with Gasteiger partial charge in [0.25, 0.3) is 0 Å². The molecule has 0 radical (unpaired) electrons. The van der Waals surface area contributed by atoms with Gasteiger partial charge in [0.1, 0.15) is 11.5 Å². The summed E-state index contributed by atoms with van der Waals surface area (Å²) >= 11 is 4.81. The van der Waals surface area contributed by atoms with Gasteiger partial charge in [0.15, 0.2) is 0 Å². The van der Waals surface area contributed by atoms with Gasteiger partial charge in [0.05, 0.1) is 13.2 Å². The zero-order chi connectivity index (χ0) is 40.6. The Bertz CT molecular complexity index is 1740. The van der Waals surface area contributed by atoms with E-state index < -0.39 is 36.7 Å². The van der Waals surface area contributed by atoms with Crippen LogP contribution in [0.3, 0.4) is 0 Å². The topological polar surface area (TPSA) is 127 Å². The molecule has 2 N–H and O–H groups in total. The molecule has 3 aromatic rings. The van der Waals surface area contributed by atoms with Crippen LogP contribution in [0, 0.1) is 0 Å². The van der Waals surface area contributed by atoms with Crippen LogP contribution < -0.4 is 9.47 Å². The summed E-state index contributed by atoms with van der Waals surface area (Å²) in [6, 6.07) is 23.2. The van der Waals surface area contributed by atoms with Crippen molar-refractivity contribution in [3.63, 3.8) is 0 Å². The largest absolute Gasteiger partial charge is 0.494 e. The van der Waals surface area contributed by atoms with Crippen molar-refractivity contribution in [1.29, 1.82) is 0 Å². The zero-order valence-electron chi connectivity index (χ0n) is 30.1. The van der Waals surface area contributed by atoms with Crippen molar-refractivity contribution in [2.75, 3.05) is 13.2 Å². The van der Waals surface area contributed by atoms with Gasteiger partial charge in [0.2, 0.25) is 0 Å². The van der Waals surface area contributed by atoms with E-state index in [4.69, 9.17) is 31.2 Å². The SMILES string of the molecule is CCCCCCCCOc1ccc(-c2cccc(S)c2-c2ccc(OCCCCCCCC)cc2)cc1.O=S(=O)(O)C(F)(F)C(F)(F)C(F)(F)S(=O)(=O)O. The Morgan fingerprint density at radius 3 is 1.31 bits per heavy atom. The fourth-order valence-corrected chi connectivity index (χ4v) is 6.48. The molecular formula is C37H48F6O8S3. The van der Waals surface area contributed by atoms with Gasteiger partial charge in [-0.1, -0.05) is 114 Å². The summed E-state index contributed by atoms with van der Waals surface area (Å²) in [4.78, 5) is 0.974. The van der Waals surface area contributed by atoms with Gasteiger partial charge in [-0.15, -0.1) is 12.6 Å². The molecule has 0 aliphatic heterocycles. The van der Waals surface area contributed by atoms with E-state index in [2.05, 4.69) is 80.6 Å². The zero-order valence-corrected chi connectivity index (χ0v) is 32.7. The third kappa shape index (κ3) is 13.1. The van der Waals surface area contributed by atoms with Crippen molar-refractivity contribution < 1.29 is 61.8 Å². The van der Waals surface area contributed by atoms with E-state index in [0.717, 1.165) is 53.6 Å². The molecule has 0 saturated heterocycles. The van der Waals surface area contributed by atoms with Crippen LogP contribution in [0.1, 0.15) is 90.9 Å². The van der Waals surface area contributed by atoms with Gasteiger partial charge in [-0.3, -0.25) is 9.11 Å². The van der Waals surface area contributed by atoms with Crippen molar-refractivity contribution >= 4 is 32.9 Å². The minimum absolute atomic E-state index is 0.785. The molecule has 0 saturated carbocycles. The van der Waals surface area contributed by atoms with Crippen molar-refractivity contribution in [3.05, 3.63) is 66.7 Å². The van der Waals surface area contributed by atoms with E-state index in [0.29, 0.717) is 0 Å². The van der Waals surface area contributed by atoms with Gasteiger partial charge in [-0.2, -0.15) is 43.2 Å². The number of ether oxygens (including phenoxy) is 2. The Balaban J connectivity index is 0.000000500. The molecule has 0 aromatic heterocycles. The summed E-state index contributed by atoms with van der Waals surface area (Å²) in [5.74, 6) is -5.21. The molecule has 54 heavy (non-hydrogen) atoms. The molecule has 17 heteroatoms. The molecular weight excluding hydrogens is 783 g/mol. The van der Waals surface area contributed by atoms with Gasteiger partial charge in [-0.05, 0) is 59.9 Å². The molecule has 3 rings (SSSR count). The van der Waals surface area contributed by atoms with Gasteiger partial charge < -0.3 is 9.47 Å². The fourth-order valence-electron chi connectivity index (χ4n) is 5.17. The number of hydrogen-bond acceptors (Lipinski definition) is 7. The molecule has 304 valence electrons. The van der Waals surface area contributed by atoms with E-state index in [1.54, 1.807) is 0 Å². The van der Waals surface area contributed by atoms with Crippen molar-refractivity contribution in [3.8, 4) is 33.8 Å². The van der Waals surface area contributed by atoms with Crippen LogP contribution in [0.25, 0.3) is 22.3 Å². The molecule has 3 aromatic carbocycles. The molecule has 0 atom stereocenters. The molecule has 0 bridgehead atoms. The molecule has 0 spiro atoms. The molecule has 8 nitrogen and oxygen atoms in total. The van der Waals surface area contributed by atoms with Gasteiger partial charge in [-0.25, -0.2) is 0 Å². The Morgan fingerprint density at radius 1 is 0.556 bits per heavy atom. The number of halogens is 6. The van der Waals surface area contributed by atoms with Crippen LogP contribution in [0.5, 0.6) is 11.5 Å². The Labute approximate surface area is 319 Å². The summed E-state index contributed by atoms with van der Waals surface area (Å²) in [5, 5.41) is -13.6. The summed E-state index contributed by atoms with van der Waals surface area (Å²) in [5.41, 5.74) is 4.64. The van der Waals surface area contributed by atoms with Crippen molar-refractivity contribution in [1.82, 2.24) is 0 Å². The highest BCUT2D eigenvalue weighted by Crippen LogP contribution is 2.50. The van der Waals surface area contributed by atoms with E-state index in [9.17, 15) is 43.2 Å². The predicted octanol–water partition coefficient (Wildman–Crippen LogP) is 11.4. The van der Waals surface area contributed by atoms with E-state index in [-0.39, 0.29) is 0 Å². The Morgan fingerprint density at radius 2 is 0.926 bits per heavy atom. The first-order chi connectivity index (χ1) is 25.2. The Hall–Kier alpha value is -2.99. The fraction of sp³-hybridized carbons (Fsp3) is 0.514. The lowest BCUT2D eigenvalue weighted by atomic mass is 9.94. The smallest absolute Gasteiger partial charge is 0.439 e. The molecule has 0 aliphatic carbocycles. The summed E-state index contributed by atoms with van der Waals surface area (Å²) < 4.78 is 140. The quantitative estimate of drug-likeness (QED) is 0.0395. The highest BCUT2D eigenvalue weighted by Gasteiger charge is 2.82. The van der Waals surface area contributed by atoms with Crippen LogP contribution in [0.4, 0.5) is 26.3 Å². The van der Waals surface area contributed by atoms with Crippen LogP contribution in [0.2, 0.25) is 0 Å². The normalized spacial score (nSPS) is 12.6. The predicted molar refractivity (Wildman–Crippen MR) is 200 cm³/mol. The summed E-state index contributed by atoms with van der Waals surface area (Å²) in [7, 11) is -14.1. The number of benzene rings is 3. The standard InChI is InChI=1S/C34H46O2S.C3H2F6O6S2/c1-3-5-7-9-11-13-26-35-30-22-18-28(19-23-30)32-16-15-17-33(37)34(32)29-20-24-31(25-21-29)36-27-14-12-10-8-6-4-2;4-1(5,2(6,7)16(10,11)12)3(8,9)17(13,14)15/h15-25,37H,3-14,26-27H2,1-2H3;(H,10,11,12)(H,13,14,15). The summed E-state index contributed by atoms with van der Waals surface area (Å²) in [6.45, 7) is 6.08. The number of rotatable bonds is 22. The van der Waals surface area contributed by atoms with Crippen molar-refractivity contribution in [2.24, 2.45) is 0 Å². The summed E-state index contributed by atoms with van der Waals surface area (Å²) in [6.07, 6.45) is 15.3. The first kappa shape index (κ1) is 47.2. The first-order valence-electron chi connectivity index (χ1n) is 17.6. The molecule has 0 amide bonds. The van der Waals surface area contributed by atoms with Gasteiger partial charge in [0, 0.05) is 10.5 Å². The van der Waals surface area contributed by atoms with E-state index in [1.165, 1.54) is 75.3 Å². The maximum Gasteiger partial charge on any atom is 0.439 e. The van der Waals surface area contributed by atoms with Gasteiger partial charge >= 0.3 is 36.7 Å². The highest BCUT2D eigenvalue weighted by atomic mass is 32.2. The maximum absolute atomic E-state index is 12.4. The lowest BCUT2D eigenvalue weighted by Gasteiger charge is -2.28. The number of hydrogen-bond donors (Lipinski definition) is 3. The van der Waals surface area contributed by atoms with Crippen LogP contribution in [-0.2, 0) is 20.2 Å².